The fourth-order valence-corrected chi connectivity index (χ4v) is 4.02. The molecule has 2 aromatic heterocycles. The molecule has 0 spiro atoms. The number of anilines is 1. The van der Waals surface area contributed by atoms with E-state index in [0.717, 1.165) is 17.5 Å². The van der Waals surface area contributed by atoms with Crippen LogP contribution in [0.5, 0.6) is 0 Å². The first-order valence-corrected chi connectivity index (χ1v) is 11.1. The summed E-state index contributed by atoms with van der Waals surface area (Å²) in [6, 6.07) is 10.3. The number of hydrogen-bond donors (Lipinski definition) is 1. The maximum atomic E-state index is 13.1. The van der Waals surface area contributed by atoms with Gasteiger partial charge in [-0.25, -0.2) is 9.67 Å². The maximum Gasteiger partial charge on any atom is 0.418 e. The number of nitrogens with one attached hydrogen (secondary N) is 1. The number of carbonyl (C=O) groups is 2. The van der Waals surface area contributed by atoms with Crippen molar-refractivity contribution in [1.82, 2.24) is 24.6 Å². The molecule has 0 atom stereocenters. The Kier molecular flexibility index (Phi) is 6.88. The van der Waals surface area contributed by atoms with E-state index < -0.39 is 17.6 Å². The van der Waals surface area contributed by atoms with E-state index in [1.807, 2.05) is 19.9 Å². The minimum Gasteiger partial charge on any atom is -0.336 e. The maximum absolute atomic E-state index is 13.1. The summed E-state index contributed by atoms with van der Waals surface area (Å²) in [5.41, 5.74) is 1.11. The Morgan fingerprint density at radius 3 is 2.34 bits per heavy atom. The zero-order chi connectivity index (χ0) is 25.2. The normalized spacial score (nSPS) is 14.7. The molecular formula is C24H25F3N6O2. The number of aromatic nitrogens is 3. The van der Waals surface area contributed by atoms with Crippen LogP contribution in [-0.2, 0) is 11.0 Å². The van der Waals surface area contributed by atoms with E-state index >= 15 is 0 Å². The van der Waals surface area contributed by atoms with Crippen LogP contribution in [0.25, 0.3) is 5.82 Å². The summed E-state index contributed by atoms with van der Waals surface area (Å²) in [6.45, 7) is 5.40. The topological polar surface area (TPSA) is 83.4 Å². The second-order valence-corrected chi connectivity index (χ2v) is 8.40. The molecule has 1 aliphatic rings. The van der Waals surface area contributed by atoms with Gasteiger partial charge in [0.15, 0.2) is 5.82 Å². The van der Waals surface area contributed by atoms with Crippen molar-refractivity contribution in [2.75, 3.05) is 38.0 Å². The molecule has 35 heavy (non-hydrogen) atoms. The molecule has 8 nitrogen and oxygen atoms in total. The van der Waals surface area contributed by atoms with Crippen LogP contribution >= 0.6 is 0 Å². The van der Waals surface area contributed by atoms with Crippen molar-refractivity contribution in [3.8, 4) is 5.82 Å². The third-order valence-corrected chi connectivity index (χ3v) is 5.75. The summed E-state index contributed by atoms with van der Waals surface area (Å²) in [7, 11) is 0. The number of aryl methyl sites for hydroxylation is 2. The molecule has 1 fully saturated rings. The van der Waals surface area contributed by atoms with Crippen molar-refractivity contribution in [2.24, 2.45) is 0 Å². The number of para-hydroxylation sites is 1. The lowest BCUT2D eigenvalue weighted by molar-refractivity contribution is -0.137. The van der Waals surface area contributed by atoms with Gasteiger partial charge >= 0.3 is 6.18 Å². The molecule has 2 amide bonds. The first-order chi connectivity index (χ1) is 16.6. The molecule has 1 N–H and O–H groups in total. The fraction of sp³-hybridized carbons (Fsp3) is 0.333. The van der Waals surface area contributed by atoms with Gasteiger partial charge in [0.2, 0.25) is 5.91 Å². The highest BCUT2D eigenvalue weighted by molar-refractivity contribution is 5.94. The Balaban J connectivity index is 1.31. The number of benzene rings is 1. The molecule has 3 aromatic rings. The average molecular weight is 486 g/mol. The molecular weight excluding hydrogens is 461 g/mol. The molecule has 11 heteroatoms. The highest BCUT2D eigenvalue weighted by atomic mass is 19.4. The van der Waals surface area contributed by atoms with Crippen LogP contribution in [0, 0.1) is 13.8 Å². The lowest BCUT2D eigenvalue weighted by Crippen LogP contribution is -2.50. The van der Waals surface area contributed by atoms with Crippen molar-refractivity contribution in [2.45, 2.75) is 20.0 Å². The van der Waals surface area contributed by atoms with Crippen molar-refractivity contribution in [3.05, 3.63) is 71.2 Å². The summed E-state index contributed by atoms with van der Waals surface area (Å²) in [6.07, 6.45) is -3.04. The highest BCUT2D eigenvalue weighted by Gasteiger charge is 2.33. The number of hydrogen-bond acceptors (Lipinski definition) is 5. The van der Waals surface area contributed by atoms with Gasteiger partial charge in [-0.05, 0) is 44.2 Å². The Hall–Kier alpha value is -3.73. The number of halogens is 3. The van der Waals surface area contributed by atoms with Gasteiger partial charge in [0.05, 0.1) is 29.1 Å². The van der Waals surface area contributed by atoms with Crippen LogP contribution in [0.2, 0.25) is 0 Å². The quantitative estimate of drug-likeness (QED) is 0.599. The Bertz CT molecular complexity index is 1210. The second kappa shape index (κ2) is 9.87. The minimum atomic E-state index is -4.56. The SMILES string of the molecule is Cc1cc(C)n(-c2ccc(C(=O)N3CCN(CC(=O)Nc4ccccc4C(F)(F)F)CC3)cn2)n1. The number of pyridine rings is 1. The van der Waals surface area contributed by atoms with Gasteiger partial charge in [-0.3, -0.25) is 14.5 Å². The number of alkyl halides is 3. The number of rotatable bonds is 5. The van der Waals surface area contributed by atoms with Crippen molar-refractivity contribution in [1.29, 1.82) is 0 Å². The molecule has 1 saturated heterocycles. The van der Waals surface area contributed by atoms with Crippen LogP contribution in [0.3, 0.4) is 0 Å². The molecule has 0 bridgehead atoms. The first kappa shape index (κ1) is 24.4. The zero-order valence-electron chi connectivity index (χ0n) is 19.3. The average Bonchev–Trinajstić information content (AvgIpc) is 3.16. The van der Waals surface area contributed by atoms with Gasteiger partial charge in [0.1, 0.15) is 0 Å². The van der Waals surface area contributed by atoms with E-state index in [1.165, 1.54) is 24.4 Å². The van der Waals surface area contributed by atoms with Crippen LogP contribution in [0.15, 0.2) is 48.7 Å². The summed E-state index contributed by atoms with van der Waals surface area (Å²) in [4.78, 5) is 33.1. The third-order valence-electron chi connectivity index (χ3n) is 5.75. The van der Waals surface area contributed by atoms with Gasteiger partial charge in [0, 0.05) is 38.1 Å². The fourth-order valence-electron chi connectivity index (χ4n) is 4.02. The van der Waals surface area contributed by atoms with Gasteiger partial charge < -0.3 is 10.2 Å². The monoisotopic (exact) mass is 486 g/mol. The molecule has 3 heterocycles. The summed E-state index contributed by atoms with van der Waals surface area (Å²) in [5.74, 6) is -0.0823. The first-order valence-electron chi connectivity index (χ1n) is 11.1. The van der Waals surface area contributed by atoms with Crippen molar-refractivity contribution < 1.29 is 22.8 Å². The molecule has 1 aliphatic heterocycles. The smallest absolute Gasteiger partial charge is 0.336 e. The molecule has 0 saturated carbocycles. The van der Waals surface area contributed by atoms with E-state index in [4.69, 9.17) is 0 Å². The predicted molar refractivity (Wildman–Crippen MR) is 123 cm³/mol. The number of amides is 2. The summed E-state index contributed by atoms with van der Waals surface area (Å²) < 4.78 is 41.1. The number of carbonyl (C=O) groups excluding carboxylic acids is 2. The second-order valence-electron chi connectivity index (χ2n) is 8.40. The van der Waals surface area contributed by atoms with Crippen molar-refractivity contribution in [3.63, 3.8) is 0 Å². The lowest BCUT2D eigenvalue weighted by atomic mass is 10.1. The van der Waals surface area contributed by atoms with E-state index in [0.29, 0.717) is 37.6 Å². The molecule has 0 radical (unpaired) electrons. The minimum absolute atomic E-state index is 0.0624. The molecule has 184 valence electrons. The number of nitrogens with zero attached hydrogens (tertiary/aromatic N) is 5. The summed E-state index contributed by atoms with van der Waals surface area (Å²) >= 11 is 0. The van der Waals surface area contributed by atoms with Crippen LogP contribution in [0.4, 0.5) is 18.9 Å². The Morgan fingerprint density at radius 1 is 1.03 bits per heavy atom. The van der Waals surface area contributed by atoms with Crippen molar-refractivity contribution >= 4 is 17.5 Å². The van der Waals surface area contributed by atoms with Gasteiger partial charge in [-0.2, -0.15) is 18.3 Å². The predicted octanol–water partition coefficient (Wildman–Crippen LogP) is 3.30. The van der Waals surface area contributed by atoms with E-state index in [9.17, 15) is 22.8 Å². The molecule has 0 unspecified atom stereocenters. The Morgan fingerprint density at radius 2 is 1.74 bits per heavy atom. The number of piperazine rings is 1. The van der Waals surface area contributed by atoms with Gasteiger partial charge in [-0.15, -0.1) is 0 Å². The van der Waals surface area contributed by atoms with Crippen LogP contribution in [0.1, 0.15) is 27.3 Å². The highest BCUT2D eigenvalue weighted by Crippen LogP contribution is 2.34. The van der Waals surface area contributed by atoms with E-state index in [-0.39, 0.29) is 18.1 Å². The summed E-state index contributed by atoms with van der Waals surface area (Å²) in [5, 5.41) is 6.74. The van der Waals surface area contributed by atoms with E-state index in [1.54, 1.807) is 26.6 Å². The van der Waals surface area contributed by atoms with Gasteiger partial charge in [-0.1, -0.05) is 12.1 Å². The molecule has 4 rings (SSSR count). The Labute approximate surface area is 200 Å². The van der Waals surface area contributed by atoms with E-state index in [2.05, 4.69) is 15.4 Å². The third kappa shape index (κ3) is 5.68. The standard InChI is InChI=1S/C24H25F3N6O2/c1-16-13-17(2)33(30-16)21-8-7-18(14-28-21)23(35)32-11-9-31(10-12-32)15-22(34)29-20-6-4-3-5-19(20)24(25,26)27/h3-8,13-14H,9-12,15H2,1-2H3,(H,29,34). The largest absolute Gasteiger partial charge is 0.418 e. The molecule has 0 aliphatic carbocycles. The van der Waals surface area contributed by atoms with Gasteiger partial charge in [0.25, 0.3) is 5.91 Å². The lowest BCUT2D eigenvalue weighted by Gasteiger charge is -2.34. The molecule has 1 aromatic carbocycles. The zero-order valence-corrected chi connectivity index (χ0v) is 19.3. The van der Waals surface area contributed by atoms with Crippen LogP contribution < -0.4 is 5.32 Å². The van der Waals surface area contributed by atoms with Crippen LogP contribution in [-0.4, -0.2) is 69.1 Å².